The van der Waals surface area contributed by atoms with Gasteiger partial charge in [0, 0.05) is 24.4 Å². The molecule has 108 valence electrons. The van der Waals surface area contributed by atoms with Gasteiger partial charge in [-0.1, -0.05) is 12.1 Å². The third kappa shape index (κ3) is 3.54. The zero-order valence-electron chi connectivity index (χ0n) is 11.5. The van der Waals surface area contributed by atoms with Crippen LogP contribution in [0.25, 0.3) is 0 Å². The molecule has 1 unspecified atom stereocenters. The second-order valence-electron chi connectivity index (χ2n) is 5.06. The number of amides is 1. The molecule has 0 radical (unpaired) electrons. The Morgan fingerprint density at radius 3 is 2.95 bits per heavy atom. The Morgan fingerprint density at radius 1 is 1.45 bits per heavy atom. The maximum absolute atomic E-state index is 12.5. The highest BCUT2D eigenvalue weighted by Gasteiger charge is 2.28. The van der Waals surface area contributed by atoms with Crippen LogP contribution < -0.4 is 0 Å². The van der Waals surface area contributed by atoms with Gasteiger partial charge in [0.05, 0.1) is 5.92 Å². The summed E-state index contributed by atoms with van der Waals surface area (Å²) in [6.07, 6.45) is 3.44. The fourth-order valence-corrected chi connectivity index (χ4v) is 3.02. The van der Waals surface area contributed by atoms with E-state index in [2.05, 4.69) is 0 Å². The second kappa shape index (κ2) is 6.79. The number of aliphatic carboxylic acids is 1. The third-order valence-electron chi connectivity index (χ3n) is 3.54. The molecule has 1 heterocycles. The fraction of sp³-hybridized carbons (Fsp3) is 0.467. The molecule has 5 heteroatoms. The lowest BCUT2D eigenvalue weighted by Gasteiger charge is -2.30. The maximum Gasteiger partial charge on any atom is 0.308 e. The molecule has 2 rings (SSSR count). The largest absolute Gasteiger partial charge is 0.481 e. The summed E-state index contributed by atoms with van der Waals surface area (Å²) in [5, 5.41) is 9.08. The van der Waals surface area contributed by atoms with Crippen LogP contribution in [-0.2, 0) is 10.5 Å². The van der Waals surface area contributed by atoms with Crippen molar-refractivity contribution in [3.63, 3.8) is 0 Å². The molecular weight excluding hydrogens is 274 g/mol. The van der Waals surface area contributed by atoms with Gasteiger partial charge in [-0.25, -0.2) is 0 Å². The zero-order valence-corrected chi connectivity index (χ0v) is 12.4. The molecule has 1 saturated heterocycles. The molecule has 0 saturated carbocycles. The van der Waals surface area contributed by atoms with Crippen molar-refractivity contribution in [1.29, 1.82) is 0 Å². The molecule has 1 atom stereocenters. The van der Waals surface area contributed by atoms with Gasteiger partial charge in [-0.3, -0.25) is 9.59 Å². The van der Waals surface area contributed by atoms with Crippen LogP contribution in [-0.4, -0.2) is 41.2 Å². The first-order valence-corrected chi connectivity index (χ1v) is 8.11. The second-order valence-corrected chi connectivity index (χ2v) is 5.93. The number of nitrogens with zero attached hydrogens (tertiary/aromatic N) is 1. The highest BCUT2D eigenvalue weighted by Crippen LogP contribution is 2.20. The number of benzene rings is 1. The van der Waals surface area contributed by atoms with Crippen molar-refractivity contribution < 1.29 is 14.7 Å². The quantitative estimate of drug-likeness (QED) is 0.926. The highest BCUT2D eigenvalue weighted by molar-refractivity contribution is 7.97. The monoisotopic (exact) mass is 293 g/mol. The number of likely N-dealkylation sites (tertiary alicyclic amines) is 1. The van der Waals surface area contributed by atoms with E-state index in [1.807, 2.05) is 24.5 Å². The van der Waals surface area contributed by atoms with E-state index in [0.717, 1.165) is 17.7 Å². The Hall–Kier alpha value is -1.49. The van der Waals surface area contributed by atoms with Crippen LogP contribution in [0.4, 0.5) is 0 Å². The molecule has 1 aromatic rings. The minimum Gasteiger partial charge on any atom is -0.481 e. The van der Waals surface area contributed by atoms with Gasteiger partial charge in [-0.2, -0.15) is 11.8 Å². The van der Waals surface area contributed by atoms with E-state index in [9.17, 15) is 9.59 Å². The zero-order chi connectivity index (χ0) is 14.5. The van der Waals surface area contributed by atoms with Crippen LogP contribution in [0, 0.1) is 5.92 Å². The molecule has 4 nitrogen and oxygen atoms in total. The Morgan fingerprint density at radius 2 is 2.25 bits per heavy atom. The lowest BCUT2D eigenvalue weighted by molar-refractivity contribution is -0.143. The average molecular weight is 293 g/mol. The Balaban J connectivity index is 2.10. The van der Waals surface area contributed by atoms with Crippen molar-refractivity contribution >= 4 is 23.6 Å². The van der Waals surface area contributed by atoms with Gasteiger partial charge >= 0.3 is 5.97 Å². The molecule has 1 aliphatic rings. The topological polar surface area (TPSA) is 57.6 Å². The number of hydrogen-bond donors (Lipinski definition) is 1. The molecule has 1 N–H and O–H groups in total. The summed E-state index contributed by atoms with van der Waals surface area (Å²) in [4.78, 5) is 25.2. The number of carbonyl (C=O) groups is 2. The number of carboxylic acids is 1. The third-order valence-corrected chi connectivity index (χ3v) is 4.16. The summed E-state index contributed by atoms with van der Waals surface area (Å²) in [7, 11) is 0. The van der Waals surface area contributed by atoms with E-state index in [4.69, 9.17) is 5.11 Å². The Kier molecular flexibility index (Phi) is 5.06. The summed E-state index contributed by atoms with van der Waals surface area (Å²) in [6.45, 7) is 0.969. The molecule has 1 aliphatic heterocycles. The molecule has 1 amide bonds. The fourth-order valence-electron chi connectivity index (χ4n) is 2.51. The standard InChI is InChI=1S/C15H19NO3S/c1-20-10-11-4-2-5-12(8-11)14(17)16-7-3-6-13(9-16)15(18)19/h2,4-5,8,13H,3,6-7,9-10H2,1H3,(H,18,19). The van der Waals surface area contributed by atoms with Gasteiger partial charge in [-0.05, 0) is 36.8 Å². The molecule has 0 aromatic heterocycles. The first-order chi connectivity index (χ1) is 9.61. The van der Waals surface area contributed by atoms with Crippen LogP contribution in [0.3, 0.4) is 0 Å². The Labute approximate surface area is 123 Å². The van der Waals surface area contributed by atoms with Crippen molar-refractivity contribution in [1.82, 2.24) is 4.90 Å². The minimum atomic E-state index is -0.807. The van der Waals surface area contributed by atoms with Crippen molar-refractivity contribution in [2.24, 2.45) is 5.92 Å². The van der Waals surface area contributed by atoms with Crippen LogP contribution >= 0.6 is 11.8 Å². The number of piperidine rings is 1. The SMILES string of the molecule is CSCc1cccc(C(=O)N2CCCC(C(=O)O)C2)c1. The molecule has 20 heavy (non-hydrogen) atoms. The van der Waals surface area contributed by atoms with Gasteiger partial charge < -0.3 is 10.0 Å². The predicted octanol–water partition coefficient (Wildman–Crippen LogP) is 2.49. The molecule has 0 aliphatic carbocycles. The van der Waals surface area contributed by atoms with Gasteiger partial charge in [0.15, 0.2) is 0 Å². The van der Waals surface area contributed by atoms with E-state index >= 15 is 0 Å². The smallest absolute Gasteiger partial charge is 0.308 e. The molecule has 0 bridgehead atoms. The summed E-state index contributed by atoms with van der Waals surface area (Å²) in [5.41, 5.74) is 1.78. The van der Waals surface area contributed by atoms with E-state index in [0.29, 0.717) is 25.1 Å². The van der Waals surface area contributed by atoms with Crippen molar-refractivity contribution in [2.45, 2.75) is 18.6 Å². The number of thioether (sulfide) groups is 1. The van der Waals surface area contributed by atoms with E-state index in [1.54, 1.807) is 22.7 Å². The van der Waals surface area contributed by atoms with E-state index in [1.165, 1.54) is 0 Å². The van der Waals surface area contributed by atoms with Crippen molar-refractivity contribution in [3.8, 4) is 0 Å². The molecule has 1 aromatic carbocycles. The summed E-state index contributed by atoms with van der Waals surface area (Å²) in [6, 6.07) is 7.60. The van der Waals surface area contributed by atoms with Crippen LogP contribution in [0.1, 0.15) is 28.8 Å². The first-order valence-electron chi connectivity index (χ1n) is 6.71. The average Bonchev–Trinajstić information content (AvgIpc) is 2.47. The number of rotatable bonds is 4. The molecule has 1 fully saturated rings. The summed E-state index contributed by atoms with van der Waals surface area (Å²) >= 11 is 1.71. The van der Waals surface area contributed by atoms with Gasteiger partial charge in [0.25, 0.3) is 5.91 Å². The number of carbonyl (C=O) groups excluding carboxylic acids is 1. The number of carboxylic acid groups (broad SMARTS) is 1. The van der Waals surface area contributed by atoms with Crippen LogP contribution in [0.15, 0.2) is 24.3 Å². The number of hydrogen-bond acceptors (Lipinski definition) is 3. The molecular formula is C15H19NO3S. The van der Waals surface area contributed by atoms with Gasteiger partial charge in [0.1, 0.15) is 0 Å². The van der Waals surface area contributed by atoms with Gasteiger partial charge in [-0.15, -0.1) is 0 Å². The normalized spacial score (nSPS) is 18.9. The van der Waals surface area contributed by atoms with Gasteiger partial charge in [0.2, 0.25) is 0 Å². The lowest BCUT2D eigenvalue weighted by atomic mass is 9.97. The van der Waals surface area contributed by atoms with Crippen LogP contribution in [0.5, 0.6) is 0 Å². The van der Waals surface area contributed by atoms with E-state index in [-0.39, 0.29) is 5.91 Å². The van der Waals surface area contributed by atoms with E-state index < -0.39 is 11.9 Å². The first kappa shape index (κ1) is 14.9. The summed E-state index contributed by atoms with van der Waals surface area (Å²) in [5.74, 6) is -0.418. The highest BCUT2D eigenvalue weighted by atomic mass is 32.2. The summed E-state index contributed by atoms with van der Waals surface area (Å²) < 4.78 is 0. The maximum atomic E-state index is 12.5. The van der Waals surface area contributed by atoms with Crippen LogP contribution in [0.2, 0.25) is 0 Å². The van der Waals surface area contributed by atoms with Crippen molar-refractivity contribution in [2.75, 3.05) is 19.3 Å². The minimum absolute atomic E-state index is 0.0566. The van der Waals surface area contributed by atoms with Crippen molar-refractivity contribution in [3.05, 3.63) is 35.4 Å². The Bertz CT molecular complexity index is 504. The lowest BCUT2D eigenvalue weighted by Crippen LogP contribution is -2.42. The predicted molar refractivity (Wildman–Crippen MR) is 79.9 cm³/mol. The molecule has 0 spiro atoms.